The van der Waals surface area contributed by atoms with Gasteiger partial charge in [-0.15, -0.1) is 5.10 Å². The quantitative estimate of drug-likeness (QED) is 0.826. The Morgan fingerprint density at radius 1 is 1.16 bits per heavy atom. The molecule has 0 radical (unpaired) electrons. The second-order valence-electron chi connectivity index (χ2n) is 5.49. The summed E-state index contributed by atoms with van der Waals surface area (Å²) in [6.07, 6.45) is 3.15. The maximum atomic E-state index is 4.24. The predicted octanol–water partition coefficient (Wildman–Crippen LogP) is 3.06. The Morgan fingerprint density at radius 3 is 2.42 bits per heavy atom. The molecule has 0 atom stereocenters. The molecule has 0 aliphatic carbocycles. The molecule has 0 aliphatic rings. The minimum atomic E-state index is 0.687. The summed E-state index contributed by atoms with van der Waals surface area (Å²) < 4.78 is 1.93. The first-order chi connectivity index (χ1) is 9.06. The van der Waals surface area contributed by atoms with E-state index in [-0.39, 0.29) is 0 Å². The summed E-state index contributed by atoms with van der Waals surface area (Å²) in [5.74, 6) is 0.687. The van der Waals surface area contributed by atoms with Gasteiger partial charge in [-0.2, -0.15) is 0 Å². The molecule has 0 bridgehead atoms. The van der Waals surface area contributed by atoms with Crippen molar-refractivity contribution in [2.75, 3.05) is 19.0 Å². The topological polar surface area (TPSA) is 34.0 Å². The highest BCUT2D eigenvalue weighted by atomic mass is 15.4. The molecular weight excluding hydrogens is 236 g/mol. The van der Waals surface area contributed by atoms with Gasteiger partial charge in [-0.25, -0.2) is 0 Å². The van der Waals surface area contributed by atoms with Crippen LogP contribution in [0.2, 0.25) is 0 Å². The molecule has 0 N–H and O–H groups in total. The zero-order valence-electron chi connectivity index (χ0n) is 12.2. The molecule has 1 heterocycles. The number of rotatable bonds is 5. The van der Waals surface area contributed by atoms with Crippen LogP contribution in [0.15, 0.2) is 30.5 Å². The molecule has 102 valence electrons. The highest BCUT2D eigenvalue weighted by Crippen LogP contribution is 2.20. The fraction of sp³-hybridized carbons (Fsp3) is 0.467. The van der Waals surface area contributed by atoms with Crippen LogP contribution < -0.4 is 4.90 Å². The van der Waals surface area contributed by atoms with Crippen molar-refractivity contribution in [1.29, 1.82) is 0 Å². The third kappa shape index (κ3) is 3.56. The van der Waals surface area contributed by atoms with E-state index in [1.54, 1.807) is 0 Å². The summed E-state index contributed by atoms with van der Waals surface area (Å²) >= 11 is 0. The van der Waals surface area contributed by atoms with E-state index < -0.39 is 0 Å². The monoisotopic (exact) mass is 258 g/mol. The van der Waals surface area contributed by atoms with Crippen molar-refractivity contribution in [3.8, 4) is 11.3 Å². The maximum Gasteiger partial charge on any atom is 0.113 e. The Labute approximate surface area is 115 Å². The minimum absolute atomic E-state index is 0.687. The molecule has 0 amide bonds. The van der Waals surface area contributed by atoms with Crippen LogP contribution in [0.1, 0.15) is 20.3 Å². The van der Waals surface area contributed by atoms with E-state index in [4.69, 9.17) is 0 Å². The number of anilines is 1. The first kappa shape index (κ1) is 13.6. The van der Waals surface area contributed by atoms with Crippen molar-refractivity contribution >= 4 is 5.69 Å². The lowest BCUT2D eigenvalue weighted by molar-refractivity contribution is 0.478. The molecule has 0 unspecified atom stereocenters. The number of hydrogen-bond donors (Lipinski definition) is 0. The minimum Gasteiger partial charge on any atom is -0.378 e. The van der Waals surface area contributed by atoms with Crippen LogP contribution in [0.25, 0.3) is 11.3 Å². The molecule has 0 saturated heterocycles. The highest BCUT2D eigenvalue weighted by molar-refractivity contribution is 5.61. The second-order valence-corrected chi connectivity index (χ2v) is 5.49. The third-order valence-corrected chi connectivity index (χ3v) is 3.15. The lowest BCUT2D eigenvalue weighted by Crippen LogP contribution is -2.07. The molecule has 0 aliphatic heterocycles. The lowest BCUT2D eigenvalue weighted by atomic mass is 10.1. The van der Waals surface area contributed by atoms with Crippen LogP contribution in [-0.4, -0.2) is 29.1 Å². The van der Waals surface area contributed by atoms with Gasteiger partial charge in [-0.1, -0.05) is 31.2 Å². The zero-order chi connectivity index (χ0) is 13.8. The van der Waals surface area contributed by atoms with Gasteiger partial charge in [-0.05, 0) is 24.5 Å². The van der Waals surface area contributed by atoms with Crippen LogP contribution in [0.4, 0.5) is 5.69 Å². The molecule has 2 rings (SSSR count). The third-order valence-electron chi connectivity index (χ3n) is 3.15. The van der Waals surface area contributed by atoms with Gasteiger partial charge in [0.25, 0.3) is 0 Å². The average molecular weight is 258 g/mol. The van der Waals surface area contributed by atoms with Gasteiger partial charge in [0, 0.05) is 31.9 Å². The average Bonchev–Trinajstić information content (AvgIpc) is 2.85. The fourth-order valence-corrected chi connectivity index (χ4v) is 1.86. The predicted molar refractivity (Wildman–Crippen MR) is 79.2 cm³/mol. The maximum absolute atomic E-state index is 4.24. The standard InChI is InChI=1S/C15H22N4/c1-12(2)9-10-19-11-15(16-17-19)13-5-7-14(8-6-13)18(3)4/h5-8,11-12H,9-10H2,1-4H3. The van der Waals surface area contributed by atoms with E-state index in [1.807, 2.05) is 25.0 Å². The van der Waals surface area contributed by atoms with Crippen LogP contribution in [0.5, 0.6) is 0 Å². The summed E-state index contributed by atoms with van der Waals surface area (Å²) in [7, 11) is 4.08. The molecule has 0 fully saturated rings. The highest BCUT2D eigenvalue weighted by Gasteiger charge is 2.05. The van der Waals surface area contributed by atoms with E-state index >= 15 is 0 Å². The summed E-state index contributed by atoms with van der Waals surface area (Å²) in [4.78, 5) is 2.09. The van der Waals surface area contributed by atoms with Gasteiger partial charge < -0.3 is 4.90 Å². The lowest BCUT2D eigenvalue weighted by Gasteiger charge is -2.11. The SMILES string of the molecule is CC(C)CCn1cc(-c2ccc(N(C)C)cc2)nn1. The largest absolute Gasteiger partial charge is 0.378 e. The van der Waals surface area contributed by atoms with Crippen molar-refractivity contribution in [3.05, 3.63) is 30.5 Å². The van der Waals surface area contributed by atoms with Crippen LogP contribution >= 0.6 is 0 Å². The number of hydrogen-bond acceptors (Lipinski definition) is 3. The van der Waals surface area contributed by atoms with Crippen LogP contribution in [-0.2, 0) is 6.54 Å². The van der Waals surface area contributed by atoms with Crippen molar-refractivity contribution in [1.82, 2.24) is 15.0 Å². The first-order valence-electron chi connectivity index (χ1n) is 6.74. The molecule has 0 saturated carbocycles. The summed E-state index contributed by atoms with van der Waals surface area (Å²) in [6.45, 7) is 5.37. The molecule has 4 heteroatoms. The van der Waals surface area contributed by atoms with E-state index in [2.05, 4.69) is 53.3 Å². The van der Waals surface area contributed by atoms with Gasteiger partial charge in [-0.3, -0.25) is 4.68 Å². The summed E-state index contributed by atoms with van der Waals surface area (Å²) in [6, 6.07) is 8.38. The van der Waals surface area contributed by atoms with Gasteiger partial charge in [0.05, 0.1) is 6.20 Å². The normalized spacial score (nSPS) is 11.0. The van der Waals surface area contributed by atoms with Crippen molar-refractivity contribution in [3.63, 3.8) is 0 Å². The van der Waals surface area contributed by atoms with Gasteiger partial charge in [0.2, 0.25) is 0 Å². The van der Waals surface area contributed by atoms with Crippen molar-refractivity contribution in [2.24, 2.45) is 5.92 Å². The molecule has 1 aromatic carbocycles. The smallest absolute Gasteiger partial charge is 0.113 e. The van der Waals surface area contributed by atoms with Gasteiger partial charge in [0.15, 0.2) is 0 Å². The Kier molecular flexibility index (Phi) is 4.20. The number of aryl methyl sites for hydroxylation is 1. The van der Waals surface area contributed by atoms with E-state index in [0.717, 1.165) is 24.2 Å². The van der Waals surface area contributed by atoms with Crippen LogP contribution in [0.3, 0.4) is 0 Å². The van der Waals surface area contributed by atoms with E-state index in [0.29, 0.717) is 5.92 Å². The molecule has 4 nitrogen and oxygen atoms in total. The summed E-state index contributed by atoms with van der Waals surface area (Å²) in [5.41, 5.74) is 3.24. The fourth-order valence-electron chi connectivity index (χ4n) is 1.86. The van der Waals surface area contributed by atoms with Gasteiger partial charge in [0.1, 0.15) is 5.69 Å². The van der Waals surface area contributed by atoms with Gasteiger partial charge >= 0.3 is 0 Å². The molecular formula is C15H22N4. The Bertz CT molecular complexity index is 511. The molecule has 1 aromatic heterocycles. The Morgan fingerprint density at radius 2 is 1.84 bits per heavy atom. The first-order valence-corrected chi connectivity index (χ1v) is 6.74. The van der Waals surface area contributed by atoms with E-state index in [9.17, 15) is 0 Å². The Hall–Kier alpha value is -1.84. The number of nitrogens with zero attached hydrogens (tertiary/aromatic N) is 4. The number of benzene rings is 1. The van der Waals surface area contributed by atoms with E-state index in [1.165, 1.54) is 5.69 Å². The van der Waals surface area contributed by atoms with Crippen LogP contribution in [0, 0.1) is 5.92 Å². The molecule has 19 heavy (non-hydrogen) atoms. The number of aromatic nitrogens is 3. The van der Waals surface area contributed by atoms with Crippen molar-refractivity contribution in [2.45, 2.75) is 26.8 Å². The molecule has 2 aromatic rings. The molecule has 0 spiro atoms. The Balaban J connectivity index is 2.09. The second kappa shape index (κ2) is 5.87. The van der Waals surface area contributed by atoms with Crippen molar-refractivity contribution < 1.29 is 0 Å². The zero-order valence-corrected chi connectivity index (χ0v) is 12.2. The summed E-state index contributed by atoms with van der Waals surface area (Å²) in [5, 5.41) is 8.42.